The molecule has 6 rings (SSSR count). The Bertz CT molecular complexity index is 1190. The van der Waals surface area contributed by atoms with E-state index in [0.717, 1.165) is 19.3 Å². The minimum absolute atomic E-state index is 0.00368. The fourth-order valence-electron chi connectivity index (χ4n) is 12.2. The van der Waals surface area contributed by atoms with Gasteiger partial charge in [0.2, 0.25) is 5.91 Å². The molecule has 42 heavy (non-hydrogen) atoms. The zero-order valence-electron chi connectivity index (χ0n) is 27.0. The van der Waals surface area contributed by atoms with Crippen LogP contribution in [0.3, 0.4) is 0 Å². The van der Waals surface area contributed by atoms with E-state index in [-0.39, 0.29) is 52.9 Å². The minimum atomic E-state index is -0.598. The lowest BCUT2D eigenvalue weighted by atomic mass is 9.41. The van der Waals surface area contributed by atoms with E-state index in [0.29, 0.717) is 40.1 Å². The molecule has 6 fully saturated rings. The van der Waals surface area contributed by atoms with Crippen molar-refractivity contribution in [1.29, 1.82) is 0 Å². The van der Waals surface area contributed by atoms with Crippen molar-refractivity contribution in [2.24, 2.45) is 56.7 Å². The summed E-state index contributed by atoms with van der Waals surface area (Å²) in [4.78, 5) is 24.9. The number of cyclic esters (lactones) is 1. The molecule has 1 heterocycles. The molecule has 5 saturated carbocycles. The third-order valence-corrected chi connectivity index (χ3v) is 14.9. The third kappa shape index (κ3) is 3.88. The van der Waals surface area contributed by atoms with E-state index in [9.17, 15) is 19.8 Å². The highest BCUT2D eigenvalue weighted by molar-refractivity contribution is 5.96. The van der Waals surface area contributed by atoms with Gasteiger partial charge in [-0.25, -0.2) is 4.79 Å². The molecule has 0 aromatic rings. The van der Waals surface area contributed by atoms with E-state index in [1.54, 1.807) is 6.92 Å². The molecule has 6 heteroatoms. The topological polar surface area (TPSA) is 95.9 Å². The van der Waals surface area contributed by atoms with Crippen molar-refractivity contribution in [1.82, 2.24) is 5.32 Å². The van der Waals surface area contributed by atoms with Gasteiger partial charge in [0.25, 0.3) is 0 Å². The van der Waals surface area contributed by atoms with Crippen LogP contribution in [0.1, 0.15) is 106 Å². The summed E-state index contributed by atoms with van der Waals surface area (Å²) in [7, 11) is 0. The molecule has 0 bridgehead atoms. The maximum atomic E-state index is 12.8. The molecule has 3 N–H and O–H groups in total. The highest BCUT2D eigenvalue weighted by Crippen LogP contribution is 2.89. The molecule has 234 valence electrons. The summed E-state index contributed by atoms with van der Waals surface area (Å²) < 4.78 is 5.27. The van der Waals surface area contributed by atoms with Crippen LogP contribution in [-0.4, -0.2) is 46.9 Å². The lowest BCUT2D eigenvalue weighted by Gasteiger charge is -2.63. The summed E-state index contributed by atoms with van der Waals surface area (Å²) in [5.41, 5.74) is 1.44. The summed E-state index contributed by atoms with van der Waals surface area (Å²) in [5.74, 6) is 1.34. The molecule has 1 saturated heterocycles. The zero-order chi connectivity index (χ0) is 30.5. The Balaban J connectivity index is 1.17. The smallest absolute Gasteiger partial charge is 0.329 e. The Morgan fingerprint density at radius 2 is 1.74 bits per heavy atom. The highest BCUT2D eigenvalue weighted by atomic mass is 16.6. The second kappa shape index (κ2) is 9.92. The van der Waals surface area contributed by atoms with Crippen LogP contribution in [0.5, 0.6) is 0 Å². The van der Waals surface area contributed by atoms with Gasteiger partial charge < -0.3 is 20.3 Å². The number of nitrogens with one attached hydrogen (secondary N) is 1. The third-order valence-electron chi connectivity index (χ3n) is 14.9. The molecule has 5 aliphatic carbocycles. The number of aliphatic hydroxyl groups is 2. The van der Waals surface area contributed by atoms with Crippen LogP contribution in [0.2, 0.25) is 0 Å². The van der Waals surface area contributed by atoms with Crippen LogP contribution in [0.4, 0.5) is 0 Å². The maximum Gasteiger partial charge on any atom is 0.329 e. The van der Waals surface area contributed by atoms with Gasteiger partial charge in [-0.3, -0.25) is 4.79 Å². The predicted octanol–water partition coefficient (Wildman–Crippen LogP) is 5.96. The van der Waals surface area contributed by atoms with Crippen molar-refractivity contribution < 1.29 is 24.5 Å². The molecule has 6 nitrogen and oxygen atoms in total. The lowest BCUT2D eigenvalue weighted by Crippen LogP contribution is -2.59. The highest BCUT2D eigenvalue weighted by Gasteiger charge is 2.82. The quantitative estimate of drug-likeness (QED) is 0.204. The Morgan fingerprint density at radius 1 is 1.05 bits per heavy atom. The fraction of sp³-hybridized carbons (Fsp3) is 0.833. The van der Waals surface area contributed by atoms with Gasteiger partial charge >= 0.3 is 5.97 Å². The maximum absolute atomic E-state index is 12.8. The molecular weight excluding hydrogens is 526 g/mol. The van der Waals surface area contributed by atoms with Gasteiger partial charge in [-0.2, -0.15) is 0 Å². The molecule has 6 aliphatic rings. The summed E-state index contributed by atoms with van der Waals surface area (Å²) >= 11 is 0. The van der Waals surface area contributed by atoms with Crippen molar-refractivity contribution in [2.75, 3.05) is 6.61 Å². The van der Waals surface area contributed by atoms with Gasteiger partial charge in [-0.05, 0) is 117 Å². The summed E-state index contributed by atoms with van der Waals surface area (Å²) in [6.07, 6.45) is 16.3. The monoisotopic (exact) mass is 581 g/mol. The first-order valence-electron chi connectivity index (χ1n) is 16.9. The van der Waals surface area contributed by atoms with Crippen LogP contribution >= 0.6 is 0 Å². The second-order valence-corrected chi connectivity index (χ2v) is 16.5. The molecule has 1 aliphatic heterocycles. The van der Waals surface area contributed by atoms with Crippen molar-refractivity contribution in [2.45, 2.75) is 125 Å². The van der Waals surface area contributed by atoms with Crippen molar-refractivity contribution in [3.05, 3.63) is 23.8 Å². The molecule has 2 spiro atoms. The van der Waals surface area contributed by atoms with Gasteiger partial charge in [0, 0.05) is 23.5 Å². The predicted molar refractivity (Wildman–Crippen MR) is 163 cm³/mol. The standard InChI is InChI=1S/C36H55NO5/c1-21(9-8-10-22(2)30(40)37-29-23(3)24(4)42-31(29)41)25-13-15-33(7)27-12-11-26-32(5,6)28(39)14-16-34(26)19-35(27,34)17-18-36(25,33)20-38/h8-10,21,23-29,38-39H,11-20H2,1-7H3,(H,37,40)/b9-8+,22-10+/t21-,23+,24-,25-,26+,27+,28+,29+,33+,34-,35+,36+/m1/s1. The number of carbonyl (C=O) groups is 2. The average molecular weight is 582 g/mol. The molecule has 0 unspecified atom stereocenters. The first-order chi connectivity index (χ1) is 19.7. The van der Waals surface area contributed by atoms with Crippen LogP contribution in [0, 0.1) is 56.7 Å². The normalized spacial score (nSPS) is 49.9. The van der Waals surface area contributed by atoms with E-state index in [1.165, 1.54) is 38.5 Å². The van der Waals surface area contributed by atoms with Crippen LogP contribution in [0.15, 0.2) is 23.8 Å². The summed E-state index contributed by atoms with van der Waals surface area (Å²) in [5, 5.41) is 25.0. The molecule has 1 amide bonds. The number of rotatable bonds is 6. The SMILES string of the molecule is C/C(=C\C=C\[C@@H](C)[C@H]1CC[C@@]2(C)[C@@H]3CC[C@H]4C(C)(C)[C@@H](O)CC[C@@]45C[C@@]35CC[C@]12CO)C(=O)N[C@@H]1C(=O)O[C@H](C)[C@@H]1C. The first-order valence-corrected chi connectivity index (χ1v) is 16.9. The van der Waals surface area contributed by atoms with E-state index in [2.05, 4.69) is 39.1 Å². The Morgan fingerprint density at radius 3 is 2.40 bits per heavy atom. The molecule has 0 aromatic heterocycles. The van der Waals surface area contributed by atoms with E-state index in [4.69, 9.17) is 4.74 Å². The second-order valence-electron chi connectivity index (χ2n) is 16.5. The largest absolute Gasteiger partial charge is 0.461 e. The number of ether oxygens (including phenoxy) is 1. The lowest BCUT2D eigenvalue weighted by molar-refractivity contribution is -0.175. The van der Waals surface area contributed by atoms with Gasteiger partial charge in [0.05, 0.1) is 6.10 Å². The minimum Gasteiger partial charge on any atom is -0.461 e. The Labute approximate surface area is 253 Å². The number of allylic oxidation sites excluding steroid dienone is 3. The first kappa shape index (κ1) is 30.4. The van der Waals surface area contributed by atoms with Crippen molar-refractivity contribution in [3.63, 3.8) is 0 Å². The number of esters is 1. The van der Waals surface area contributed by atoms with E-state index < -0.39 is 6.04 Å². The van der Waals surface area contributed by atoms with Gasteiger partial charge in [0.15, 0.2) is 0 Å². The number of amides is 1. The number of carbonyl (C=O) groups excluding carboxylic acids is 2. The van der Waals surface area contributed by atoms with Crippen molar-refractivity contribution in [3.8, 4) is 0 Å². The number of aliphatic hydroxyl groups excluding tert-OH is 2. The molecule has 0 radical (unpaired) electrons. The molecule has 12 atom stereocenters. The van der Waals surface area contributed by atoms with E-state index >= 15 is 0 Å². The number of hydrogen-bond acceptors (Lipinski definition) is 5. The van der Waals surface area contributed by atoms with Crippen molar-refractivity contribution >= 4 is 11.9 Å². The van der Waals surface area contributed by atoms with Crippen LogP contribution in [0.25, 0.3) is 0 Å². The average Bonchev–Trinajstić information content (AvgIpc) is 3.42. The zero-order valence-corrected chi connectivity index (χ0v) is 27.0. The van der Waals surface area contributed by atoms with Crippen LogP contribution < -0.4 is 5.32 Å². The summed E-state index contributed by atoms with van der Waals surface area (Å²) in [6.45, 7) is 15.3. The molecule has 0 aromatic carbocycles. The fourth-order valence-corrected chi connectivity index (χ4v) is 12.2. The number of hydrogen-bond donors (Lipinski definition) is 3. The number of fused-ring (bicyclic) bond motifs is 2. The van der Waals surface area contributed by atoms with Gasteiger partial charge in [-0.15, -0.1) is 0 Å². The molecular formula is C36H55NO5. The van der Waals surface area contributed by atoms with E-state index in [1.807, 2.05) is 26.0 Å². The van der Waals surface area contributed by atoms with Gasteiger partial charge in [-0.1, -0.05) is 52.8 Å². The Hall–Kier alpha value is -1.66. The van der Waals surface area contributed by atoms with Crippen LogP contribution in [-0.2, 0) is 14.3 Å². The van der Waals surface area contributed by atoms with Gasteiger partial charge in [0.1, 0.15) is 12.1 Å². The summed E-state index contributed by atoms with van der Waals surface area (Å²) in [6, 6.07) is -0.598. The Kier molecular flexibility index (Phi) is 7.18.